The van der Waals surface area contributed by atoms with Crippen molar-refractivity contribution in [2.24, 2.45) is 0 Å². The molecule has 0 radical (unpaired) electrons. The molecule has 0 heterocycles. The van der Waals surface area contributed by atoms with Crippen LogP contribution in [0.15, 0.2) is 48.5 Å². The van der Waals surface area contributed by atoms with Crippen molar-refractivity contribution >= 4 is 15.9 Å². The number of nitrogens with one attached hydrogen (secondary N) is 2. The summed E-state index contributed by atoms with van der Waals surface area (Å²) in [6.45, 7) is 1.87. The summed E-state index contributed by atoms with van der Waals surface area (Å²) in [5.74, 6) is -0.445. The number of hydrogen-bond donors (Lipinski definition) is 2. The van der Waals surface area contributed by atoms with Crippen LogP contribution in [0, 0.1) is 6.92 Å². The van der Waals surface area contributed by atoms with Crippen LogP contribution in [0.5, 0.6) is 0 Å². The molecule has 6 heteroatoms. The first-order valence-corrected chi connectivity index (χ1v) is 10.5. The summed E-state index contributed by atoms with van der Waals surface area (Å²) in [6.07, 6.45) is 4.20. The zero-order valence-electron chi connectivity index (χ0n) is 14.9. The van der Waals surface area contributed by atoms with Crippen molar-refractivity contribution in [1.29, 1.82) is 0 Å². The number of sulfonamides is 1. The van der Waals surface area contributed by atoms with Crippen LogP contribution < -0.4 is 10.3 Å². The molecular formula is C20H24N2O3S. The lowest BCUT2D eigenvalue weighted by molar-refractivity contribution is 0.0944. The predicted molar refractivity (Wildman–Crippen MR) is 103 cm³/mol. The third kappa shape index (κ3) is 4.14. The summed E-state index contributed by atoms with van der Waals surface area (Å²) >= 11 is 0. The van der Waals surface area contributed by atoms with Crippen LogP contribution in [0.2, 0.25) is 0 Å². The molecule has 26 heavy (non-hydrogen) atoms. The average molecular weight is 372 g/mol. The molecule has 0 atom stereocenters. The smallest absolute Gasteiger partial charge is 0.266 e. The fraction of sp³-hybridized carbons (Fsp3) is 0.350. The lowest BCUT2D eigenvalue weighted by atomic mass is 9.96. The molecule has 3 rings (SSSR count). The number of carbonyl (C=O) groups is 1. The first kappa shape index (κ1) is 18.6. The Labute approximate surface area is 154 Å². The Kier molecular flexibility index (Phi) is 5.74. The van der Waals surface area contributed by atoms with E-state index in [9.17, 15) is 13.2 Å². The molecule has 2 N–H and O–H groups in total. The van der Waals surface area contributed by atoms with Crippen molar-refractivity contribution in [1.82, 2.24) is 10.3 Å². The highest BCUT2D eigenvalue weighted by molar-refractivity contribution is 7.90. The summed E-state index contributed by atoms with van der Waals surface area (Å²) in [6, 6.07) is 15.3. The Hall–Kier alpha value is -2.18. The molecule has 0 spiro atoms. The highest BCUT2D eigenvalue weighted by Gasteiger charge is 2.27. The summed E-state index contributed by atoms with van der Waals surface area (Å²) in [7, 11) is -3.54. The number of hydrazine groups is 1. The molecular weight excluding hydrogens is 348 g/mol. The number of amides is 1. The highest BCUT2D eigenvalue weighted by atomic mass is 32.2. The molecule has 2 aromatic rings. The van der Waals surface area contributed by atoms with Crippen molar-refractivity contribution in [3.63, 3.8) is 0 Å². The third-order valence-electron chi connectivity index (χ3n) is 4.96. The van der Waals surface area contributed by atoms with Crippen LogP contribution in [0.4, 0.5) is 0 Å². The van der Waals surface area contributed by atoms with Crippen LogP contribution in [-0.2, 0) is 10.0 Å². The van der Waals surface area contributed by atoms with E-state index in [0.717, 1.165) is 36.0 Å². The van der Waals surface area contributed by atoms with Gasteiger partial charge in [0.05, 0.1) is 5.25 Å². The van der Waals surface area contributed by atoms with Gasteiger partial charge < -0.3 is 0 Å². The second-order valence-corrected chi connectivity index (χ2v) is 8.67. The standard InChI is InChI=1S/C20H24N2O3S/c1-15-18(16-9-4-2-5-10-16)13-8-14-19(15)20(23)21-22-26(24,25)17-11-6-3-7-12-17/h2,4-5,8-10,13-14,17,22H,3,6-7,11-12H2,1H3,(H,21,23). The third-order valence-corrected chi connectivity index (χ3v) is 6.70. The van der Waals surface area contributed by atoms with Crippen molar-refractivity contribution < 1.29 is 13.2 Å². The number of rotatable bonds is 5. The normalized spacial score (nSPS) is 15.6. The van der Waals surface area contributed by atoms with Crippen molar-refractivity contribution in [3.05, 3.63) is 59.7 Å². The monoisotopic (exact) mass is 372 g/mol. The van der Waals surface area contributed by atoms with Crippen LogP contribution in [0.25, 0.3) is 11.1 Å². The SMILES string of the molecule is Cc1c(C(=O)NNS(=O)(=O)C2CCCCC2)cccc1-c1ccccc1. The average Bonchev–Trinajstić information content (AvgIpc) is 2.68. The van der Waals surface area contributed by atoms with E-state index in [0.29, 0.717) is 18.4 Å². The van der Waals surface area contributed by atoms with Crippen LogP contribution >= 0.6 is 0 Å². The molecule has 0 bridgehead atoms. The fourth-order valence-corrected chi connectivity index (χ4v) is 4.81. The van der Waals surface area contributed by atoms with E-state index in [4.69, 9.17) is 0 Å². The van der Waals surface area contributed by atoms with Gasteiger partial charge in [-0.05, 0) is 42.5 Å². The maximum absolute atomic E-state index is 12.5. The second-order valence-electron chi connectivity index (χ2n) is 6.71. The fourth-order valence-electron chi connectivity index (χ4n) is 3.46. The maximum atomic E-state index is 12.5. The van der Waals surface area contributed by atoms with E-state index in [1.165, 1.54) is 0 Å². The topological polar surface area (TPSA) is 75.3 Å². The molecule has 0 saturated heterocycles. The minimum absolute atomic E-state index is 0.423. The van der Waals surface area contributed by atoms with Gasteiger partial charge in [-0.3, -0.25) is 10.2 Å². The van der Waals surface area contributed by atoms with Gasteiger partial charge in [-0.15, -0.1) is 4.83 Å². The lowest BCUT2D eigenvalue weighted by Crippen LogP contribution is -2.46. The summed E-state index contributed by atoms with van der Waals surface area (Å²) in [5, 5.41) is -0.423. The Morgan fingerprint density at radius 1 is 0.962 bits per heavy atom. The van der Waals surface area contributed by atoms with E-state index in [-0.39, 0.29) is 0 Å². The Bertz CT molecular complexity index is 873. The number of hydrogen-bond acceptors (Lipinski definition) is 3. The number of carbonyl (C=O) groups excluding carboxylic acids is 1. The molecule has 0 aliphatic heterocycles. The first-order chi connectivity index (χ1) is 12.5. The van der Waals surface area contributed by atoms with E-state index in [1.54, 1.807) is 12.1 Å². The van der Waals surface area contributed by atoms with Gasteiger partial charge in [-0.1, -0.05) is 61.7 Å². The molecule has 1 aliphatic rings. The van der Waals surface area contributed by atoms with Gasteiger partial charge in [0.1, 0.15) is 0 Å². The van der Waals surface area contributed by atoms with Gasteiger partial charge in [0, 0.05) is 5.56 Å². The molecule has 138 valence electrons. The van der Waals surface area contributed by atoms with E-state index >= 15 is 0 Å². The molecule has 5 nitrogen and oxygen atoms in total. The van der Waals surface area contributed by atoms with Crippen molar-refractivity contribution in [2.75, 3.05) is 0 Å². The molecule has 1 fully saturated rings. The van der Waals surface area contributed by atoms with Crippen LogP contribution in [0.1, 0.15) is 48.0 Å². The molecule has 2 aromatic carbocycles. The summed E-state index contributed by atoms with van der Waals surface area (Å²) in [5.41, 5.74) is 5.62. The zero-order valence-corrected chi connectivity index (χ0v) is 15.7. The summed E-state index contributed by atoms with van der Waals surface area (Å²) < 4.78 is 24.7. The maximum Gasteiger partial charge on any atom is 0.266 e. The van der Waals surface area contributed by atoms with Gasteiger partial charge in [0.15, 0.2) is 0 Å². The van der Waals surface area contributed by atoms with Gasteiger partial charge in [-0.2, -0.15) is 0 Å². The molecule has 0 unspecified atom stereocenters. The Balaban J connectivity index is 1.74. The molecule has 1 amide bonds. The minimum Gasteiger partial charge on any atom is -0.274 e. The van der Waals surface area contributed by atoms with Gasteiger partial charge >= 0.3 is 0 Å². The molecule has 1 aliphatic carbocycles. The minimum atomic E-state index is -3.54. The zero-order chi connectivity index (χ0) is 18.6. The Morgan fingerprint density at radius 3 is 2.35 bits per heavy atom. The van der Waals surface area contributed by atoms with Gasteiger partial charge in [-0.25, -0.2) is 8.42 Å². The molecule has 1 saturated carbocycles. The largest absolute Gasteiger partial charge is 0.274 e. The molecule has 0 aromatic heterocycles. The number of benzene rings is 2. The second kappa shape index (κ2) is 8.01. The van der Waals surface area contributed by atoms with Gasteiger partial charge in [0.25, 0.3) is 5.91 Å². The first-order valence-electron chi connectivity index (χ1n) is 8.95. The van der Waals surface area contributed by atoms with Crippen LogP contribution in [-0.4, -0.2) is 19.6 Å². The van der Waals surface area contributed by atoms with Crippen molar-refractivity contribution in [2.45, 2.75) is 44.3 Å². The van der Waals surface area contributed by atoms with E-state index < -0.39 is 21.2 Å². The summed E-state index contributed by atoms with van der Waals surface area (Å²) in [4.78, 5) is 14.8. The lowest BCUT2D eigenvalue weighted by Gasteiger charge is -2.22. The highest BCUT2D eigenvalue weighted by Crippen LogP contribution is 2.26. The van der Waals surface area contributed by atoms with E-state index in [1.807, 2.05) is 43.3 Å². The quantitative estimate of drug-likeness (QED) is 0.788. The van der Waals surface area contributed by atoms with Crippen molar-refractivity contribution in [3.8, 4) is 11.1 Å². The van der Waals surface area contributed by atoms with E-state index in [2.05, 4.69) is 10.3 Å². The predicted octanol–water partition coefficient (Wildman–Crippen LogP) is 3.56. The van der Waals surface area contributed by atoms with Crippen LogP contribution in [0.3, 0.4) is 0 Å². The Morgan fingerprint density at radius 2 is 1.65 bits per heavy atom. The van der Waals surface area contributed by atoms with Gasteiger partial charge in [0.2, 0.25) is 10.0 Å².